The van der Waals surface area contributed by atoms with Crippen LogP contribution in [-0.2, 0) is 4.79 Å². The molecule has 0 radical (unpaired) electrons. The minimum absolute atomic E-state index is 0.0726. The van der Waals surface area contributed by atoms with Crippen LogP contribution in [0.25, 0.3) is 0 Å². The highest BCUT2D eigenvalue weighted by Gasteiger charge is 2.29. The number of halogens is 2. The zero-order valence-corrected chi connectivity index (χ0v) is 17.6. The first kappa shape index (κ1) is 21.2. The number of nitrogens with one attached hydrogen (secondary N) is 1. The maximum Gasteiger partial charge on any atom is 0.253 e. The Labute approximate surface area is 183 Å². The van der Waals surface area contributed by atoms with Gasteiger partial charge < -0.3 is 10.2 Å². The molecule has 4 nitrogen and oxygen atoms in total. The van der Waals surface area contributed by atoms with Crippen LogP contribution in [0.15, 0.2) is 66.0 Å². The number of rotatable bonds is 5. The third kappa shape index (κ3) is 4.99. The zero-order valence-electron chi connectivity index (χ0n) is 16.8. The molecular formula is C24H22F2N2O2S. The molecule has 1 aromatic heterocycles. The second kappa shape index (κ2) is 9.39. The van der Waals surface area contributed by atoms with Crippen molar-refractivity contribution in [3.05, 3.63) is 93.7 Å². The number of thiophene rings is 1. The van der Waals surface area contributed by atoms with Crippen molar-refractivity contribution >= 4 is 23.2 Å². The molecule has 2 heterocycles. The average molecular weight is 441 g/mol. The van der Waals surface area contributed by atoms with Gasteiger partial charge in [0.25, 0.3) is 5.91 Å². The molecule has 0 spiro atoms. The number of carbonyl (C=O) groups excluding carboxylic acids is 2. The summed E-state index contributed by atoms with van der Waals surface area (Å²) >= 11 is 1.53. The number of hydrogen-bond donors (Lipinski definition) is 1. The summed E-state index contributed by atoms with van der Waals surface area (Å²) in [5.41, 5.74) is 1.26. The molecule has 0 unspecified atom stereocenters. The van der Waals surface area contributed by atoms with Crippen molar-refractivity contribution in [2.45, 2.75) is 18.9 Å². The minimum Gasteiger partial charge on any atom is -0.344 e. The first-order valence-electron chi connectivity index (χ1n) is 10.2. The number of benzene rings is 2. The van der Waals surface area contributed by atoms with Crippen molar-refractivity contribution in [1.82, 2.24) is 10.2 Å². The predicted octanol–water partition coefficient (Wildman–Crippen LogP) is 4.78. The van der Waals surface area contributed by atoms with Crippen LogP contribution < -0.4 is 5.32 Å². The molecule has 0 aliphatic carbocycles. The van der Waals surface area contributed by atoms with Gasteiger partial charge in [0.15, 0.2) is 0 Å². The van der Waals surface area contributed by atoms with Crippen LogP contribution in [0.5, 0.6) is 0 Å². The van der Waals surface area contributed by atoms with Crippen molar-refractivity contribution in [1.29, 1.82) is 0 Å². The summed E-state index contributed by atoms with van der Waals surface area (Å²) in [5.74, 6) is -1.13. The topological polar surface area (TPSA) is 49.4 Å². The summed E-state index contributed by atoms with van der Waals surface area (Å²) in [6, 6.07) is 15.2. The van der Waals surface area contributed by atoms with Crippen LogP contribution in [0, 0.1) is 17.6 Å². The summed E-state index contributed by atoms with van der Waals surface area (Å²) < 4.78 is 26.4. The number of piperidine rings is 1. The Kier molecular flexibility index (Phi) is 6.42. The maximum absolute atomic E-state index is 13.4. The molecule has 160 valence electrons. The zero-order chi connectivity index (χ0) is 21.8. The predicted molar refractivity (Wildman–Crippen MR) is 116 cm³/mol. The second-order valence-corrected chi connectivity index (χ2v) is 8.56. The van der Waals surface area contributed by atoms with E-state index in [0.717, 1.165) is 10.4 Å². The largest absolute Gasteiger partial charge is 0.344 e. The van der Waals surface area contributed by atoms with E-state index in [1.807, 2.05) is 17.5 Å². The van der Waals surface area contributed by atoms with Gasteiger partial charge in [-0.25, -0.2) is 8.78 Å². The molecule has 1 saturated heterocycles. The Morgan fingerprint density at radius 3 is 2.13 bits per heavy atom. The Hall–Kier alpha value is -3.06. The highest BCUT2D eigenvalue weighted by molar-refractivity contribution is 7.10. The van der Waals surface area contributed by atoms with E-state index in [4.69, 9.17) is 0 Å². The van der Waals surface area contributed by atoms with Crippen LogP contribution in [0.1, 0.15) is 39.7 Å². The molecule has 3 aromatic rings. The van der Waals surface area contributed by atoms with Crippen LogP contribution in [0.4, 0.5) is 8.78 Å². The molecule has 0 bridgehead atoms. The molecule has 1 N–H and O–H groups in total. The smallest absolute Gasteiger partial charge is 0.253 e. The molecule has 31 heavy (non-hydrogen) atoms. The standard InChI is InChI=1S/C24H22F2N2O2S/c25-19-7-3-16(4-8-19)22(21-2-1-15-31-21)27-23(29)17-11-13-28(14-12-17)24(30)18-5-9-20(26)10-6-18/h1-10,15,17,22H,11-14H2,(H,27,29)/t22-/m1/s1. The van der Waals surface area contributed by atoms with Gasteiger partial charge >= 0.3 is 0 Å². The summed E-state index contributed by atoms with van der Waals surface area (Å²) in [7, 11) is 0. The van der Waals surface area contributed by atoms with Gasteiger partial charge in [0.1, 0.15) is 11.6 Å². The normalized spacial score (nSPS) is 15.5. The maximum atomic E-state index is 13.4. The van der Waals surface area contributed by atoms with Gasteiger partial charge in [-0.15, -0.1) is 11.3 Å². The van der Waals surface area contributed by atoms with Gasteiger partial charge in [0.05, 0.1) is 6.04 Å². The lowest BCUT2D eigenvalue weighted by atomic mass is 9.94. The lowest BCUT2D eigenvalue weighted by molar-refractivity contribution is -0.126. The minimum atomic E-state index is -0.381. The molecule has 7 heteroatoms. The van der Waals surface area contributed by atoms with Crippen molar-refractivity contribution in [2.24, 2.45) is 5.92 Å². The highest BCUT2D eigenvalue weighted by atomic mass is 32.1. The molecule has 1 aliphatic heterocycles. The van der Waals surface area contributed by atoms with Gasteiger partial charge in [-0.2, -0.15) is 0 Å². The fourth-order valence-electron chi connectivity index (χ4n) is 3.81. The average Bonchev–Trinajstić information content (AvgIpc) is 3.33. The van der Waals surface area contributed by atoms with E-state index in [-0.39, 0.29) is 35.4 Å². The van der Waals surface area contributed by atoms with E-state index in [0.29, 0.717) is 31.5 Å². The number of likely N-dealkylation sites (tertiary alicyclic amines) is 1. The first-order valence-corrected chi connectivity index (χ1v) is 11.0. The van der Waals surface area contributed by atoms with Gasteiger partial charge in [0, 0.05) is 29.4 Å². The Bertz CT molecular complexity index is 1030. The quantitative estimate of drug-likeness (QED) is 0.621. The van der Waals surface area contributed by atoms with E-state index in [9.17, 15) is 18.4 Å². The molecule has 0 saturated carbocycles. The van der Waals surface area contributed by atoms with Crippen molar-refractivity contribution in [3.63, 3.8) is 0 Å². The SMILES string of the molecule is O=C(N[C@H](c1ccc(F)cc1)c1cccs1)C1CCN(C(=O)c2ccc(F)cc2)CC1. The van der Waals surface area contributed by atoms with Gasteiger partial charge in [-0.1, -0.05) is 18.2 Å². The van der Waals surface area contributed by atoms with Crippen molar-refractivity contribution < 1.29 is 18.4 Å². The first-order chi connectivity index (χ1) is 15.0. The van der Waals surface area contributed by atoms with Crippen molar-refractivity contribution in [3.8, 4) is 0 Å². The van der Waals surface area contributed by atoms with E-state index < -0.39 is 0 Å². The van der Waals surface area contributed by atoms with Crippen LogP contribution >= 0.6 is 11.3 Å². The van der Waals surface area contributed by atoms with Crippen molar-refractivity contribution in [2.75, 3.05) is 13.1 Å². The number of hydrogen-bond acceptors (Lipinski definition) is 3. The molecule has 2 aromatic carbocycles. The van der Waals surface area contributed by atoms with E-state index in [2.05, 4.69) is 5.32 Å². The molecule has 1 aliphatic rings. The molecular weight excluding hydrogens is 418 g/mol. The molecule has 1 atom stereocenters. The lowest BCUT2D eigenvalue weighted by Crippen LogP contribution is -2.43. The lowest BCUT2D eigenvalue weighted by Gasteiger charge is -2.32. The van der Waals surface area contributed by atoms with Gasteiger partial charge in [0.2, 0.25) is 5.91 Å². The second-order valence-electron chi connectivity index (χ2n) is 7.58. The third-order valence-corrected chi connectivity index (χ3v) is 6.50. The van der Waals surface area contributed by atoms with Crippen LogP contribution in [0.2, 0.25) is 0 Å². The van der Waals surface area contributed by atoms with E-state index in [1.54, 1.807) is 17.0 Å². The Balaban J connectivity index is 1.40. The number of amides is 2. The molecule has 2 amide bonds. The Morgan fingerprint density at radius 2 is 1.55 bits per heavy atom. The highest BCUT2D eigenvalue weighted by Crippen LogP contribution is 2.28. The monoisotopic (exact) mass is 440 g/mol. The summed E-state index contributed by atoms with van der Waals surface area (Å²) in [6.45, 7) is 0.934. The summed E-state index contributed by atoms with van der Waals surface area (Å²) in [5, 5.41) is 5.05. The van der Waals surface area contributed by atoms with Gasteiger partial charge in [-0.3, -0.25) is 9.59 Å². The van der Waals surface area contributed by atoms with Gasteiger partial charge in [-0.05, 0) is 66.2 Å². The van der Waals surface area contributed by atoms with E-state index >= 15 is 0 Å². The van der Waals surface area contributed by atoms with Crippen LogP contribution in [0.3, 0.4) is 0 Å². The Morgan fingerprint density at radius 1 is 0.935 bits per heavy atom. The van der Waals surface area contributed by atoms with Crippen LogP contribution in [-0.4, -0.2) is 29.8 Å². The number of carbonyl (C=O) groups is 2. The summed E-state index contributed by atoms with van der Waals surface area (Å²) in [4.78, 5) is 28.3. The number of nitrogens with zero attached hydrogens (tertiary/aromatic N) is 1. The fourth-order valence-corrected chi connectivity index (χ4v) is 4.61. The third-order valence-electron chi connectivity index (χ3n) is 5.56. The van der Waals surface area contributed by atoms with E-state index in [1.165, 1.54) is 47.7 Å². The fraction of sp³-hybridized carbons (Fsp3) is 0.250. The summed E-state index contributed by atoms with van der Waals surface area (Å²) in [6.07, 6.45) is 1.11. The molecule has 4 rings (SSSR count). The molecule has 1 fully saturated rings.